The summed E-state index contributed by atoms with van der Waals surface area (Å²) in [5.74, 6) is 0. The lowest BCUT2D eigenvalue weighted by atomic mass is 10.0. The van der Waals surface area contributed by atoms with Crippen molar-refractivity contribution in [2.75, 3.05) is 50.6 Å². The minimum Gasteiger partial charge on any atom is -0.378 e. The molecule has 166 valence electrons. The molecule has 0 bridgehead atoms. The van der Waals surface area contributed by atoms with Gasteiger partial charge in [-0.1, -0.05) is 38.1 Å². The van der Waals surface area contributed by atoms with Gasteiger partial charge in [0.2, 0.25) is 0 Å². The fraction of sp³-hybridized carbons (Fsp3) is 0.444. The van der Waals surface area contributed by atoms with Crippen LogP contribution >= 0.6 is 0 Å². The van der Waals surface area contributed by atoms with Gasteiger partial charge in [-0.15, -0.1) is 0 Å². The molecule has 4 nitrogen and oxygen atoms in total. The zero-order chi connectivity index (χ0) is 22.2. The van der Waals surface area contributed by atoms with Crippen molar-refractivity contribution in [1.29, 1.82) is 0 Å². The zero-order valence-electron chi connectivity index (χ0n) is 19.9. The molecule has 0 aliphatic carbocycles. The Hall–Kier alpha value is -2.59. The Morgan fingerprint density at radius 2 is 1.68 bits per heavy atom. The van der Waals surface area contributed by atoms with Crippen LogP contribution < -0.4 is 15.1 Å². The van der Waals surface area contributed by atoms with Crippen LogP contribution in [0.4, 0.5) is 11.4 Å². The van der Waals surface area contributed by atoms with Crippen LogP contribution in [0.2, 0.25) is 0 Å². The van der Waals surface area contributed by atoms with E-state index in [9.17, 15) is 0 Å². The van der Waals surface area contributed by atoms with Gasteiger partial charge in [0.25, 0.3) is 0 Å². The van der Waals surface area contributed by atoms with Crippen LogP contribution in [0.1, 0.15) is 38.7 Å². The summed E-state index contributed by atoms with van der Waals surface area (Å²) in [6, 6.07) is 17.9. The monoisotopic (exact) mass is 418 g/mol. The summed E-state index contributed by atoms with van der Waals surface area (Å²) in [5, 5.41) is 4.47. The molecule has 0 atom stereocenters. The van der Waals surface area contributed by atoms with Crippen molar-refractivity contribution in [2.45, 2.75) is 39.5 Å². The molecule has 2 aromatic carbocycles. The van der Waals surface area contributed by atoms with Crippen LogP contribution in [0.5, 0.6) is 0 Å². The summed E-state index contributed by atoms with van der Waals surface area (Å²) in [6.45, 7) is 7.33. The Labute approximate surface area is 188 Å². The first-order chi connectivity index (χ1) is 15.2. The quantitative estimate of drug-likeness (QED) is 0.495. The van der Waals surface area contributed by atoms with Gasteiger partial charge in [0.1, 0.15) is 0 Å². The SMILES string of the molecule is CC.CNCCCc1ccc(-c2cc(N3CCCC3)c3ccc(N(C)C)cc3n2)cc1. The molecular formula is C27H38N4. The Morgan fingerprint density at radius 3 is 2.32 bits per heavy atom. The van der Waals surface area contributed by atoms with Crippen molar-refractivity contribution in [3.05, 3.63) is 54.1 Å². The molecule has 1 N–H and O–H groups in total. The molecule has 1 saturated heterocycles. The van der Waals surface area contributed by atoms with Crippen molar-refractivity contribution >= 4 is 22.3 Å². The summed E-state index contributed by atoms with van der Waals surface area (Å²) < 4.78 is 0. The lowest BCUT2D eigenvalue weighted by Gasteiger charge is -2.22. The van der Waals surface area contributed by atoms with Crippen molar-refractivity contribution in [1.82, 2.24) is 10.3 Å². The molecule has 4 rings (SSSR count). The van der Waals surface area contributed by atoms with E-state index in [0.717, 1.165) is 43.7 Å². The number of rotatable bonds is 7. The average molecular weight is 419 g/mol. The third-order valence-corrected chi connectivity index (χ3v) is 5.88. The van der Waals surface area contributed by atoms with Crippen LogP contribution in [-0.2, 0) is 6.42 Å². The molecule has 3 aromatic rings. The molecule has 4 heteroatoms. The van der Waals surface area contributed by atoms with Crippen molar-refractivity contribution < 1.29 is 0 Å². The predicted octanol–water partition coefficient (Wildman–Crippen LogP) is 5.75. The van der Waals surface area contributed by atoms with Gasteiger partial charge in [-0.25, -0.2) is 4.98 Å². The summed E-state index contributed by atoms with van der Waals surface area (Å²) in [5.41, 5.74) is 7.24. The first-order valence-electron chi connectivity index (χ1n) is 11.8. The molecule has 0 radical (unpaired) electrons. The van der Waals surface area contributed by atoms with E-state index in [1.54, 1.807) is 0 Å². The van der Waals surface area contributed by atoms with Gasteiger partial charge >= 0.3 is 0 Å². The van der Waals surface area contributed by atoms with Crippen LogP contribution in [0.15, 0.2) is 48.5 Å². The average Bonchev–Trinajstić information content (AvgIpc) is 3.35. The molecule has 0 spiro atoms. The summed E-state index contributed by atoms with van der Waals surface area (Å²) >= 11 is 0. The second-order valence-corrected chi connectivity index (χ2v) is 8.22. The van der Waals surface area contributed by atoms with Crippen LogP contribution in [0, 0.1) is 0 Å². The van der Waals surface area contributed by atoms with Gasteiger partial charge in [0.15, 0.2) is 0 Å². The van der Waals surface area contributed by atoms with Crippen molar-refractivity contribution in [2.24, 2.45) is 0 Å². The van der Waals surface area contributed by atoms with E-state index < -0.39 is 0 Å². The summed E-state index contributed by atoms with van der Waals surface area (Å²) in [4.78, 5) is 9.73. The number of benzene rings is 2. The summed E-state index contributed by atoms with van der Waals surface area (Å²) in [6.07, 6.45) is 4.82. The number of anilines is 2. The minimum absolute atomic E-state index is 1.06. The molecular weight excluding hydrogens is 380 g/mol. The predicted molar refractivity (Wildman–Crippen MR) is 137 cm³/mol. The number of nitrogens with one attached hydrogen (secondary N) is 1. The first-order valence-corrected chi connectivity index (χ1v) is 11.8. The molecule has 1 aliphatic rings. The topological polar surface area (TPSA) is 31.4 Å². The molecule has 1 aliphatic heterocycles. The van der Waals surface area contributed by atoms with Gasteiger partial charge in [0.05, 0.1) is 11.2 Å². The fourth-order valence-corrected chi connectivity index (χ4v) is 4.16. The molecule has 2 heterocycles. The zero-order valence-corrected chi connectivity index (χ0v) is 19.9. The van der Waals surface area contributed by atoms with Gasteiger partial charge in [0, 0.05) is 49.5 Å². The van der Waals surface area contributed by atoms with Crippen molar-refractivity contribution in [3.8, 4) is 11.3 Å². The van der Waals surface area contributed by atoms with Crippen molar-refractivity contribution in [3.63, 3.8) is 0 Å². The highest BCUT2D eigenvalue weighted by Gasteiger charge is 2.17. The number of pyridine rings is 1. The highest BCUT2D eigenvalue weighted by atomic mass is 15.1. The number of nitrogens with zero attached hydrogens (tertiary/aromatic N) is 3. The maximum atomic E-state index is 5.06. The molecule has 1 fully saturated rings. The van der Waals surface area contributed by atoms with Crippen LogP contribution in [0.3, 0.4) is 0 Å². The van der Waals surface area contributed by atoms with Crippen LogP contribution in [-0.4, -0.2) is 45.8 Å². The maximum Gasteiger partial charge on any atom is 0.0750 e. The number of aryl methyl sites for hydroxylation is 1. The normalized spacial score (nSPS) is 13.3. The van der Waals surface area contributed by atoms with Crippen LogP contribution in [0.25, 0.3) is 22.2 Å². The second-order valence-electron chi connectivity index (χ2n) is 8.22. The lowest BCUT2D eigenvalue weighted by Crippen LogP contribution is -2.18. The van der Waals surface area contributed by atoms with Gasteiger partial charge < -0.3 is 15.1 Å². The Morgan fingerprint density at radius 1 is 0.968 bits per heavy atom. The first kappa shape index (κ1) is 23.1. The Balaban J connectivity index is 0.00000132. The number of hydrogen-bond donors (Lipinski definition) is 1. The van der Waals surface area contributed by atoms with E-state index >= 15 is 0 Å². The second kappa shape index (κ2) is 11.1. The highest BCUT2D eigenvalue weighted by Crippen LogP contribution is 2.34. The number of hydrogen-bond acceptors (Lipinski definition) is 4. The standard InChI is InChI=1S/C25H32N4.C2H6/c1-26-14-6-7-19-8-10-20(11-9-19)23-18-25(29-15-4-5-16-29)22-13-12-21(28(2)3)17-24(22)27-23;1-2/h8-13,17-18,26H,4-7,14-16H2,1-3H3;1-2H3. The van der Waals surface area contributed by atoms with E-state index in [0.29, 0.717) is 0 Å². The minimum atomic E-state index is 1.06. The van der Waals surface area contributed by atoms with Gasteiger partial charge in [-0.3, -0.25) is 0 Å². The van der Waals surface area contributed by atoms with E-state index in [2.05, 4.69) is 77.7 Å². The van der Waals surface area contributed by atoms with E-state index in [1.165, 1.54) is 40.7 Å². The molecule has 0 saturated carbocycles. The maximum absolute atomic E-state index is 5.06. The summed E-state index contributed by atoms with van der Waals surface area (Å²) in [7, 11) is 6.17. The lowest BCUT2D eigenvalue weighted by molar-refractivity contribution is 0.725. The Bertz CT molecular complexity index is 957. The Kier molecular flexibility index (Phi) is 8.30. The third-order valence-electron chi connectivity index (χ3n) is 5.88. The third kappa shape index (κ3) is 5.56. The smallest absolute Gasteiger partial charge is 0.0750 e. The van der Waals surface area contributed by atoms with Gasteiger partial charge in [-0.05, 0) is 69.1 Å². The molecule has 0 unspecified atom stereocenters. The molecule has 31 heavy (non-hydrogen) atoms. The number of aromatic nitrogens is 1. The van der Waals surface area contributed by atoms with E-state index in [1.807, 2.05) is 20.9 Å². The molecule has 0 amide bonds. The van der Waals surface area contributed by atoms with Gasteiger partial charge in [-0.2, -0.15) is 0 Å². The van der Waals surface area contributed by atoms with E-state index in [4.69, 9.17) is 4.98 Å². The largest absolute Gasteiger partial charge is 0.378 e. The highest BCUT2D eigenvalue weighted by molar-refractivity contribution is 5.96. The van der Waals surface area contributed by atoms with E-state index in [-0.39, 0.29) is 0 Å². The fourth-order valence-electron chi connectivity index (χ4n) is 4.16. The molecule has 1 aromatic heterocycles. The number of fused-ring (bicyclic) bond motifs is 1.